The minimum atomic E-state index is -3.66. The zero-order valence-corrected chi connectivity index (χ0v) is 21.2. The molecule has 0 bridgehead atoms. The Kier molecular flexibility index (Phi) is 6.67. The Morgan fingerprint density at radius 3 is 2.39 bits per heavy atom. The molecule has 1 fully saturated rings. The van der Waals surface area contributed by atoms with Gasteiger partial charge >= 0.3 is 6.03 Å². The van der Waals surface area contributed by atoms with Crippen LogP contribution in [0.3, 0.4) is 0 Å². The average Bonchev–Trinajstić information content (AvgIpc) is 3.07. The highest BCUT2D eigenvalue weighted by atomic mass is 32.2. The first-order chi connectivity index (χ1) is 16.9. The van der Waals surface area contributed by atoms with Gasteiger partial charge in [-0.3, -0.25) is 14.5 Å². The van der Waals surface area contributed by atoms with Crippen LogP contribution in [0.4, 0.5) is 10.5 Å². The summed E-state index contributed by atoms with van der Waals surface area (Å²) in [5.74, 6) is -0.170. The second-order valence-electron chi connectivity index (χ2n) is 8.99. The smallest absolute Gasteiger partial charge is 0.325 e. The number of imide groups is 1. The molecular weight excluding hydrogens is 488 g/mol. The van der Waals surface area contributed by atoms with Crippen molar-refractivity contribution in [3.63, 3.8) is 0 Å². The fourth-order valence-electron chi connectivity index (χ4n) is 3.89. The summed E-state index contributed by atoms with van der Waals surface area (Å²) in [4.78, 5) is 39.3. The van der Waals surface area contributed by atoms with Gasteiger partial charge in [0, 0.05) is 18.8 Å². The quantitative estimate of drug-likeness (QED) is 0.537. The second-order valence-corrected chi connectivity index (χ2v) is 11.0. The molecule has 1 saturated heterocycles. The Morgan fingerprint density at radius 1 is 1.11 bits per heavy atom. The first kappa shape index (κ1) is 25.5. The predicted molar refractivity (Wildman–Crippen MR) is 130 cm³/mol. The second kappa shape index (κ2) is 9.43. The molecule has 0 aliphatic carbocycles. The van der Waals surface area contributed by atoms with E-state index in [1.54, 1.807) is 39.0 Å². The van der Waals surface area contributed by atoms with Gasteiger partial charge in [0.15, 0.2) is 11.5 Å². The molecule has 192 valence electrons. The van der Waals surface area contributed by atoms with E-state index >= 15 is 0 Å². The molecule has 4 amide bonds. The lowest BCUT2D eigenvalue weighted by Crippen LogP contribution is -2.42. The van der Waals surface area contributed by atoms with Gasteiger partial charge in [-0.1, -0.05) is 6.07 Å². The molecule has 2 heterocycles. The highest BCUT2D eigenvalue weighted by molar-refractivity contribution is 7.89. The lowest BCUT2D eigenvalue weighted by atomic mass is 9.91. The number of sulfonamides is 1. The molecule has 2 aromatic carbocycles. The van der Waals surface area contributed by atoms with Crippen LogP contribution >= 0.6 is 0 Å². The number of amides is 4. The van der Waals surface area contributed by atoms with Crippen molar-refractivity contribution >= 4 is 33.6 Å². The van der Waals surface area contributed by atoms with E-state index in [1.807, 2.05) is 0 Å². The molecule has 1 unspecified atom stereocenters. The molecule has 36 heavy (non-hydrogen) atoms. The molecule has 2 N–H and O–H groups in total. The van der Waals surface area contributed by atoms with E-state index in [4.69, 9.17) is 9.47 Å². The summed E-state index contributed by atoms with van der Waals surface area (Å²) < 4.78 is 37.5. The highest BCUT2D eigenvalue weighted by Gasteiger charge is 2.49. The summed E-state index contributed by atoms with van der Waals surface area (Å²) in [5, 5.41) is 5.25. The topological polar surface area (TPSA) is 134 Å². The molecule has 0 saturated carbocycles. The monoisotopic (exact) mass is 516 g/mol. The van der Waals surface area contributed by atoms with E-state index in [2.05, 4.69) is 10.6 Å². The SMILES string of the molecule is CC(C)N(C)S(=O)(=O)c1ccc(NC(=O)CN2C(=O)NC(C)(c3ccc4c(c3)OCCO4)C2=O)cc1. The number of carbonyl (C=O) groups is 3. The zero-order valence-electron chi connectivity index (χ0n) is 20.4. The summed E-state index contributed by atoms with van der Waals surface area (Å²) >= 11 is 0. The van der Waals surface area contributed by atoms with Gasteiger partial charge in [0.2, 0.25) is 15.9 Å². The number of rotatable bonds is 7. The minimum absolute atomic E-state index is 0.0843. The molecule has 11 nitrogen and oxygen atoms in total. The number of nitrogens with zero attached hydrogens (tertiary/aromatic N) is 2. The molecule has 0 radical (unpaired) electrons. The average molecular weight is 517 g/mol. The maximum absolute atomic E-state index is 13.2. The molecule has 1 atom stereocenters. The van der Waals surface area contributed by atoms with Crippen molar-refractivity contribution in [3.05, 3.63) is 48.0 Å². The van der Waals surface area contributed by atoms with Crippen LogP contribution in [-0.2, 0) is 25.2 Å². The van der Waals surface area contributed by atoms with Crippen LogP contribution < -0.4 is 20.1 Å². The number of anilines is 1. The van der Waals surface area contributed by atoms with Crippen molar-refractivity contribution in [3.8, 4) is 11.5 Å². The first-order valence-corrected chi connectivity index (χ1v) is 12.8. The van der Waals surface area contributed by atoms with Crippen LogP contribution in [0.15, 0.2) is 47.4 Å². The van der Waals surface area contributed by atoms with Crippen LogP contribution in [-0.4, -0.2) is 68.3 Å². The van der Waals surface area contributed by atoms with Crippen LogP contribution in [0.5, 0.6) is 11.5 Å². The Labute approximate surface area is 209 Å². The first-order valence-electron chi connectivity index (χ1n) is 11.4. The van der Waals surface area contributed by atoms with Gasteiger partial charge in [-0.2, -0.15) is 4.31 Å². The highest BCUT2D eigenvalue weighted by Crippen LogP contribution is 2.36. The van der Waals surface area contributed by atoms with Crippen LogP contribution in [0, 0.1) is 0 Å². The van der Waals surface area contributed by atoms with E-state index in [1.165, 1.54) is 35.6 Å². The van der Waals surface area contributed by atoms with Crippen molar-refractivity contribution in [2.24, 2.45) is 0 Å². The zero-order chi connectivity index (χ0) is 26.3. The van der Waals surface area contributed by atoms with Gasteiger partial charge in [0.05, 0.1) is 4.90 Å². The summed E-state index contributed by atoms with van der Waals surface area (Å²) in [7, 11) is -2.17. The van der Waals surface area contributed by atoms with Crippen LogP contribution in [0.1, 0.15) is 26.3 Å². The van der Waals surface area contributed by atoms with Crippen molar-refractivity contribution in [2.75, 3.05) is 32.1 Å². The summed E-state index contributed by atoms with van der Waals surface area (Å²) in [5.41, 5.74) is -0.560. The van der Waals surface area contributed by atoms with E-state index in [-0.39, 0.29) is 10.9 Å². The van der Waals surface area contributed by atoms with Gasteiger partial charge < -0.3 is 20.1 Å². The van der Waals surface area contributed by atoms with E-state index in [0.717, 1.165) is 4.90 Å². The maximum atomic E-state index is 13.2. The van der Waals surface area contributed by atoms with Gasteiger partial charge in [0.1, 0.15) is 25.3 Å². The number of hydrogen-bond donors (Lipinski definition) is 2. The van der Waals surface area contributed by atoms with Crippen LogP contribution in [0.25, 0.3) is 0 Å². The van der Waals surface area contributed by atoms with Crippen molar-refractivity contribution < 1.29 is 32.3 Å². The Bertz CT molecular complexity index is 1310. The molecule has 2 aliphatic heterocycles. The summed E-state index contributed by atoms with van der Waals surface area (Å²) in [6.45, 7) is 5.38. The van der Waals surface area contributed by atoms with Gasteiger partial charge in [-0.15, -0.1) is 0 Å². The molecule has 4 rings (SSSR count). The third kappa shape index (κ3) is 4.61. The fraction of sp³-hybridized carbons (Fsp3) is 0.375. The number of ether oxygens (including phenoxy) is 2. The van der Waals surface area contributed by atoms with Gasteiger partial charge in [-0.05, 0) is 62.7 Å². The molecule has 2 aromatic rings. The van der Waals surface area contributed by atoms with Crippen molar-refractivity contribution in [1.29, 1.82) is 0 Å². The Hall–Kier alpha value is -3.64. The normalized spacial score (nSPS) is 19.6. The molecule has 2 aliphatic rings. The minimum Gasteiger partial charge on any atom is -0.486 e. The van der Waals surface area contributed by atoms with E-state index in [0.29, 0.717) is 36.0 Å². The fourth-order valence-corrected chi connectivity index (χ4v) is 5.26. The van der Waals surface area contributed by atoms with Gasteiger partial charge in [-0.25, -0.2) is 13.2 Å². The van der Waals surface area contributed by atoms with E-state index in [9.17, 15) is 22.8 Å². The number of carbonyl (C=O) groups excluding carboxylic acids is 3. The predicted octanol–water partition coefficient (Wildman–Crippen LogP) is 1.89. The lowest BCUT2D eigenvalue weighted by Gasteiger charge is -2.25. The molecule has 12 heteroatoms. The van der Waals surface area contributed by atoms with Crippen molar-refractivity contribution in [2.45, 2.75) is 37.2 Å². The number of hydrogen-bond acceptors (Lipinski definition) is 7. The maximum Gasteiger partial charge on any atom is 0.325 e. The largest absolute Gasteiger partial charge is 0.486 e. The third-order valence-corrected chi connectivity index (χ3v) is 8.29. The molecule has 0 spiro atoms. The number of urea groups is 1. The summed E-state index contributed by atoms with van der Waals surface area (Å²) in [6.07, 6.45) is 0. The Morgan fingerprint density at radius 2 is 1.75 bits per heavy atom. The lowest BCUT2D eigenvalue weighted by molar-refractivity contribution is -0.133. The summed E-state index contributed by atoms with van der Waals surface area (Å²) in [6, 6.07) is 9.73. The molecule has 0 aromatic heterocycles. The molecular formula is C24H28N4O7S. The Balaban J connectivity index is 1.44. The van der Waals surface area contributed by atoms with Gasteiger partial charge in [0.25, 0.3) is 5.91 Å². The van der Waals surface area contributed by atoms with E-state index < -0.39 is 40.0 Å². The third-order valence-electron chi connectivity index (χ3n) is 6.24. The number of nitrogens with one attached hydrogen (secondary N) is 2. The van der Waals surface area contributed by atoms with Crippen LogP contribution in [0.2, 0.25) is 0 Å². The number of benzene rings is 2. The van der Waals surface area contributed by atoms with Crippen molar-refractivity contribution in [1.82, 2.24) is 14.5 Å². The number of fused-ring (bicyclic) bond motifs is 1. The standard InChI is InChI=1S/C24H28N4O7S/c1-15(2)27(4)36(32,33)18-8-6-17(7-9-18)25-21(29)14-28-22(30)24(3,26-23(28)31)16-5-10-19-20(13-16)35-12-11-34-19/h5-10,13,15H,11-12,14H2,1-4H3,(H,25,29)(H,26,31).